The molecule has 0 aliphatic rings. The van der Waals surface area contributed by atoms with Crippen LogP contribution in [0.3, 0.4) is 0 Å². The summed E-state index contributed by atoms with van der Waals surface area (Å²) >= 11 is 5.75. The van der Waals surface area contributed by atoms with Crippen molar-refractivity contribution >= 4 is 34.9 Å². The minimum Gasteiger partial charge on any atom is -0.452 e. The van der Waals surface area contributed by atoms with Crippen molar-refractivity contribution in [2.75, 3.05) is 5.32 Å². The Labute approximate surface area is 128 Å². The maximum absolute atomic E-state index is 14.0. The summed E-state index contributed by atoms with van der Waals surface area (Å²) in [6, 6.07) is 5.60. The van der Waals surface area contributed by atoms with Crippen molar-refractivity contribution in [3.8, 4) is 11.5 Å². The van der Waals surface area contributed by atoms with Crippen LogP contribution >= 0.6 is 11.6 Å². The number of carbonyl (C=O) groups excluding carboxylic acids is 1. The number of halogens is 2. The second-order valence-electron chi connectivity index (χ2n) is 4.18. The minimum absolute atomic E-state index is 0.0132. The Morgan fingerprint density at radius 3 is 2.86 bits per heavy atom. The summed E-state index contributed by atoms with van der Waals surface area (Å²) in [5, 5.41) is 2.55. The van der Waals surface area contributed by atoms with Crippen LogP contribution in [0.5, 0.6) is 11.5 Å². The van der Waals surface area contributed by atoms with Gasteiger partial charge in [0.15, 0.2) is 28.5 Å². The van der Waals surface area contributed by atoms with Crippen molar-refractivity contribution in [1.29, 1.82) is 0 Å². The first-order valence-corrected chi connectivity index (χ1v) is 6.50. The van der Waals surface area contributed by atoms with Gasteiger partial charge in [0.1, 0.15) is 5.15 Å². The zero-order valence-corrected chi connectivity index (χ0v) is 11.7. The van der Waals surface area contributed by atoms with Crippen LogP contribution in [0.15, 0.2) is 36.7 Å². The zero-order chi connectivity index (χ0) is 15.5. The van der Waals surface area contributed by atoms with Crippen LogP contribution in [0.25, 0.3) is 11.2 Å². The number of amides is 1. The third kappa shape index (κ3) is 2.79. The molecule has 1 amide bonds. The third-order valence-electron chi connectivity index (χ3n) is 2.76. The maximum atomic E-state index is 14.0. The quantitative estimate of drug-likeness (QED) is 0.748. The van der Waals surface area contributed by atoms with Gasteiger partial charge in [0.05, 0.1) is 6.20 Å². The van der Waals surface area contributed by atoms with E-state index in [-0.39, 0.29) is 10.9 Å². The number of ether oxygens (including phenoxy) is 1. The van der Waals surface area contributed by atoms with Crippen LogP contribution in [-0.4, -0.2) is 21.4 Å². The van der Waals surface area contributed by atoms with E-state index < -0.39 is 5.82 Å². The fourth-order valence-electron chi connectivity index (χ4n) is 1.82. The summed E-state index contributed by atoms with van der Waals surface area (Å²) in [6.45, 7) is 0. The SMILES string of the molecule is O=CNc1ccc(Oc2ccnc3nc(Cl)cnc23)c(F)c1. The molecule has 0 unspecified atom stereocenters. The van der Waals surface area contributed by atoms with E-state index in [2.05, 4.69) is 20.3 Å². The number of benzene rings is 1. The van der Waals surface area contributed by atoms with Crippen LogP contribution in [0.4, 0.5) is 10.1 Å². The van der Waals surface area contributed by atoms with E-state index in [0.717, 1.165) is 6.07 Å². The first-order valence-electron chi connectivity index (χ1n) is 6.12. The Kier molecular flexibility index (Phi) is 3.80. The molecule has 3 rings (SSSR count). The molecular formula is C14H8ClFN4O2. The fourth-order valence-corrected chi connectivity index (χ4v) is 1.95. The highest BCUT2D eigenvalue weighted by Gasteiger charge is 2.11. The maximum Gasteiger partial charge on any atom is 0.211 e. The highest BCUT2D eigenvalue weighted by Crippen LogP contribution is 2.30. The Morgan fingerprint density at radius 1 is 1.23 bits per heavy atom. The molecule has 1 aromatic carbocycles. The van der Waals surface area contributed by atoms with Crippen LogP contribution in [0, 0.1) is 5.82 Å². The second kappa shape index (κ2) is 5.90. The molecule has 22 heavy (non-hydrogen) atoms. The molecule has 3 aromatic rings. The predicted molar refractivity (Wildman–Crippen MR) is 78.5 cm³/mol. The monoisotopic (exact) mass is 318 g/mol. The molecule has 6 nitrogen and oxygen atoms in total. The number of nitrogens with one attached hydrogen (secondary N) is 1. The molecule has 0 aliphatic heterocycles. The van der Waals surface area contributed by atoms with Crippen molar-refractivity contribution < 1.29 is 13.9 Å². The molecular weight excluding hydrogens is 311 g/mol. The predicted octanol–water partition coefficient (Wildman–Crippen LogP) is 3.18. The summed E-state index contributed by atoms with van der Waals surface area (Å²) in [5.41, 5.74) is 0.983. The summed E-state index contributed by atoms with van der Waals surface area (Å²) in [4.78, 5) is 22.5. The number of fused-ring (bicyclic) bond motifs is 1. The van der Waals surface area contributed by atoms with Crippen molar-refractivity contribution in [1.82, 2.24) is 15.0 Å². The number of pyridine rings is 1. The summed E-state index contributed by atoms with van der Waals surface area (Å²) in [6.07, 6.45) is 3.28. The number of aromatic nitrogens is 3. The van der Waals surface area contributed by atoms with Crippen LogP contribution in [0.1, 0.15) is 0 Å². The number of rotatable bonds is 4. The van der Waals surface area contributed by atoms with Gasteiger partial charge in [-0.05, 0) is 12.1 Å². The zero-order valence-electron chi connectivity index (χ0n) is 11.0. The number of carbonyl (C=O) groups is 1. The molecule has 0 spiro atoms. The molecule has 1 N–H and O–H groups in total. The Bertz CT molecular complexity index is 859. The molecule has 110 valence electrons. The van der Waals surface area contributed by atoms with Gasteiger partial charge in [-0.1, -0.05) is 11.6 Å². The van der Waals surface area contributed by atoms with Gasteiger partial charge in [-0.2, -0.15) is 0 Å². The second-order valence-corrected chi connectivity index (χ2v) is 4.57. The van der Waals surface area contributed by atoms with Crippen LogP contribution < -0.4 is 10.1 Å². The van der Waals surface area contributed by atoms with Crippen molar-refractivity contribution in [3.63, 3.8) is 0 Å². The van der Waals surface area contributed by atoms with Gasteiger partial charge in [-0.25, -0.2) is 19.3 Å². The van der Waals surface area contributed by atoms with Gasteiger partial charge in [-0.15, -0.1) is 0 Å². The van der Waals surface area contributed by atoms with E-state index in [0.29, 0.717) is 29.0 Å². The standard InChI is InChI=1S/C14H8ClFN4O2/c15-12-6-18-13-11(3-4-17-14(13)20-12)22-10-2-1-8(19-7-21)5-9(10)16/h1-7H,(H,19,21). The summed E-state index contributed by atoms with van der Waals surface area (Å²) in [5.74, 6) is -0.344. The fraction of sp³-hybridized carbons (Fsp3) is 0. The van der Waals surface area contributed by atoms with Gasteiger partial charge >= 0.3 is 0 Å². The Balaban J connectivity index is 1.98. The molecule has 2 aromatic heterocycles. The summed E-state index contributed by atoms with van der Waals surface area (Å²) < 4.78 is 19.5. The minimum atomic E-state index is -0.626. The molecule has 2 heterocycles. The topological polar surface area (TPSA) is 77.0 Å². The van der Waals surface area contributed by atoms with E-state index in [1.165, 1.54) is 24.5 Å². The van der Waals surface area contributed by atoms with Gasteiger partial charge in [0.25, 0.3) is 0 Å². The molecule has 0 saturated heterocycles. The lowest BCUT2D eigenvalue weighted by atomic mass is 10.3. The highest BCUT2D eigenvalue weighted by atomic mass is 35.5. The van der Waals surface area contributed by atoms with E-state index >= 15 is 0 Å². The first kappa shape index (κ1) is 14.2. The number of anilines is 1. The van der Waals surface area contributed by atoms with E-state index in [1.54, 1.807) is 6.07 Å². The van der Waals surface area contributed by atoms with Gasteiger partial charge in [0, 0.05) is 24.0 Å². The Morgan fingerprint density at radius 2 is 2.09 bits per heavy atom. The smallest absolute Gasteiger partial charge is 0.211 e. The summed E-state index contributed by atoms with van der Waals surface area (Å²) in [7, 11) is 0. The number of hydrogen-bond acceptors (Lipinski definition) is 5. The lowest BCUT2D eigenvalue weighted by molar-refractivity contribution is -0.105. The molecule has 0 radical (unpaired) electrons. The number of hydrogen-bond donors (Lipinski definition) is 1. The number of nitrogens with zero attached hydrogens (tertiary/aromatic N) is 3. The van der Waals surface area contributed by atoms with Crippen molar-refractivity contribution in [3.05, 3.63) is 47.6 Å². The average Bonchev–Trinajstić information content (AvgIpc) is 2.50. The van der Waals surface area contributed by atoms with Crippen LogP contribution in [-0.2, 0) is 4.79 Å². The molecule has 0 saturated carbocycles. The van der Waals surface area contributed by atoms with Gasteiger partial charge < -0.3 is 10.1 Å². The van der Waals surface area contributed by atoms with Crippen molar-refractivity contribution in [2.24, 2.45) is 0 Å². The first-order chi connectivity index (χ1) is 10.7. The molecule has 0 aliphatic carbocycles. The van der Waals surface area contributed by atoms with E-state index in [9.17, 15) is 9.18 Å². The average molecular weight is 319 g/mol. The highest BCUT2D eigenvalue weighted by molar-refractivity contribution is 6.29. The molecule has 0 atom stereocenters. The Hall–Kier alpha value is -2.80. The van der Waals surface area contributed by atoms with Crippen LogP contribution in [0.2, 0.25) is 5.15 Å². The molecule has 8 heteroatoms. The van der Waals surface area contributed by atoms with Gasteiger partial charge in [-0.3, -0.25) is 4.79 Å². The van der Waals surface area contributed by atoms with Crippen molar-refractivity contribution in [2.45, 2.75) is 0 Å². The van der Waals surface area contributed by atoms with E-state index in [1.807, 2.05) is 0 Å². The molecule has 0 fully saturated rings. The lowest BCUT2D eigenvalue weighted by Gasteiger charge is -2.09. The third-order valence-corrected chi connectivity index (χ3v) is 2.94. The van der Waals surface area contributed by atoms with E-state index in [4.69, 9.17) is 16.3 Å². The largest absolute Gasteiger partial charge is 0.452 e. The van der Waals surface area contributed by atoms with Gasteiger partial charge in [0.2, 0.25) is 6.41 Å². The normalized spacial score (nSPS) is 10.5. The lowest BCUT2D eigenvalue weighted by Crippen LogP contribution is -1.97. The molecule has 0 bridgehead atoms.